The summed E-state index contributed by atoms with van der Waals surface area (Å²) in [6, 6.07) is 10.2. The van der Waals surface area contributed by atoms with Crippen LogP contribution in [-0.2, 0) is 4.79 Å². The van der Waals surface area contributed by atoms with E-state index in [9.17, 15) is 9.18 Å². The zero-order valence-electron chi connectivity index (χ0n) is 13.2. The van der Waals surface area contributed by atoms with Crippen molar-refractivity contribution in [2.45, 2.75) is 19.8 Å². The molecule has 2 aromatic rings. The molecule has 1 aliphatic rings. The van der Waals surface area contributed by atoms with Crippen molar-refractivity contribution in [3.05, 3.63) is 58.0 Å². The quantitative estimate of drug-likeness (QED) is 0.748. The molecule has 1 atom stereocenters. The third kappa shape index (κ3) is 3.88. The van der Waals surface area contributed by atoms with E-state index in [1.807, 2.05) is 28.5 Å². The molecule has 0 unspecified atom stereocenters. The molecule has 120 valence electrons. The number of amides is 1. The van der Waals surface area contributed by atoms with Crippen LogP contribution in [0.3, 0.4) is 0 Å². The number of likely N-dealkylation sites (tertiary alicyclic amines) is 1. The molecule has 23 heavy (non-hydrogen) atoms. The van der Waals surface area contributed by atoms with Crippen LogP contribution in [0.25, 0.3) is 11.6 Å². The summed E-state index contributed by atoms with van der Waals surface area (Å²) in [5.41, 5.74) is 1.54. The second kappa shape index (κ2) is 7.09. The molecule has 1 amide bonds. The molecule has 1 aromatic carbocycles. The minimum absolute atomic E-state index is 0.0725. The van der Waals surface area contributed by atoms with Crippen molar-refractivity contribution < 1.29 is 9.18 Å². The molecule has 0 N–H and O–H groups in total. The molecule has 2 heterocycles. The van der Waals surface area contributed by atoms with E-state index in [0.29, 0.717) is 11.5 Å². The molecular weight excluding hydrogens is 309 g/mol. The van der Waals surface area contributed by atoms with Gasteiger partial charge in [0.1, 0.15) is 5.82 Å². The van der Waals surface area contributed by atoms with Gasteiger partial charge in [-0.15, -0.1) is 11.3 Å². The largest absolute Gasteiger partial charge is 0.338 e. The van der Waals surface area contributed by atoms with Crippen molar-refractivity contribution in [2.75, 3.05) is 13.1 Å². The first-order chi connectivity index (χ1) is 11.1. The molecule has 0 bridgehead atoms. The van der Waals surface area contributed by atoms with Crippen LogP contribution < -0.4 is 0 Å². The van der Waals surface area contributed by atoms with E-state index in [4.69, 9.17) is 0 Å². The standard InChI is InChI=1S/C19H20FNOS/c1-14-4-2-10-21(13-14)19(22)17(18-5-3-11-23-18)12-15-6-8-16(20)9-7-15/h3,5-9,11-12,14H,2,4,10,13H2,1H3/b17-12+/t14-/m1/s1. The second-order valence-corrected chi connectivity index (χ2v) is 7.03. The van der Waals surface area contributed by atoms with Crippen LogP contribution in [0.5, 0.6) is 0 Å². The molecule has 3 rings (SSSR count). The number of benzene rings is 1. The Hall–Kier alpha value is -1.94. The summed E-state index contributed by atoms with van der Waals surface area (Å²) in [5.74, 6) is 0.349. The molecular formula is C19H20FNOS. The summed E-state index contributed by atoms with van der Waals surface area (Å²) in [7, 11) is 0. The summed E-state index contributed by atoms with van der Waals surface area (Å²) >= 11 is 1.56. The number of carbonyl (C=O) groups excluding carboxylic acids is 1. The molecule has 1 aromatic heterocycles. The highest BCUT2D eigenvalue weighted by atomic mass is 32.1. The monoisotopic (exact) mass is 329 g/mol. The van der Waals surface area contributed by atoms with E-state index < -0.39 is 0 Å². The molecule has 0 radical (unpaired) electrons. The van der Waals surface area contributed by atoms with Gasteiger partial charge in [-0.25, -0.2) is 4.39 Å². The van der Waals surface area contributed by atoms with Gasteiger partial charge in [0, 0.05) is 18.0 Å². The molecule has 1 fully saturated rings. The average molecular weight is 329 g/mol. The minimum atomic E-state index is -0.268. The van der Waals surface area contributed by atoms with E-state index in [1.165, 1.54) is 18.6 Å². The zero-order chi connectivity index (χ0) is 16.2. The average Bonchev–Trinajstić information content (AvgIpc) is 3.08. The van der Waals surface area contributed by atoms with Gasteiger partial charge in [-0.05, 0) is 54.0 Å². The van der Waals surface area contributed by atoms with Crippen molar-refractivity contribution >= 4 is 28.9 Å². The normalized spacial score (nSPS) is 19.0. The van der Waals surface area contributed by atoms with Crippen LogP contribution >= 0.6 is 11.3 Å². The van der Waals surface area contributed by atoms with Gasteiger partial charge in [-0.2, -0.15) is 0 Å². The number of halogens is 1. The van der Waals surface area contributed by atoms with Gasteiger partial charge >= 0.3 is 0 Å². The van der Waals surface area contributed by atoms with Crippen molar-refractivity contribution in [3.63, 3.8) is 0 Å². The van der Waals surface area contributed by atoms with Gasteiger partial charge in [0.05, 0.1) is 5.57 Å². The number of hydrogen-bond donors (Lipinski definition) is 0. The van der Waals surface area contributed by atoms with Crippen molar-refractivity contribution in [2.24, 2.45) is 5.92 Å². The molecule has 1 aliphatic heterocycles. The predicted molar refractivity (Wildman–Crippen MR) is 93.6 cm³/mol. The lowest BCUT2D eigenvalue weighted by molar-refractivity contribution is -0.126. The van der Waals surface area contributed by atoms with Crippen LogP contribution in [-0.4, -0.2) is 23.9 Å². The van der Waals surface area contributed by atoms with Gasteiger partial charge in [0.2, 0.25) is 0 Å². The fourth-order valence-electron chi connectivity index (χ4n) is 2.94. The number of rotatable bonds is 3. The smallest absolute Gasteiger partial charge is 0.255 e. The summed E-state index contributed by atoms with van der Waals surface area (Å²) in [5, 5.41) is 1.97. The lowest BCUT2D eigenvalue weighted by Gasteiger charge is -2.31. The SMILES string of the molecule is C[C@@H]1CCCN(C(=O)/C(=C/c2ccc(F)cc2)c2cccs2)C1. The van der Waals surface area contributed by atoms with Gasteiger partial charge in [-0.1, -0.05) is 25.1 Å². The Morgan fingerprint density at radius 2 is 2.09 bits per heavy atom. The first kappa shape index (κ1) is 15.9. The highest BCUT2D eigenvalue weighted by Crippen LogP contribution is 2.27. The fraction of sp³-hybridized carbons (Fsp3) is 0.316. The Balaban J connectivity index is 1.92. The van der Waals surface area contributed by atoms with E-state index >= 15 is 0 Å². The maximum atomic E-state index is 13.1. The van der Waals surface area contributed by atoms with Crippen molar-refractivity contribution in [1.82, 2.24) is 4.90 Å². The van der Waals surface area contributed by atoms with E-state index in [2.05, 4.69) is 6.92 Å². The maximum Gasteiger partial charge on any atom is 0.255 e. The number of piperidine rings is 1. The van der Waals surface area contributed by atoms with Crippen LogP contribution in [0, 0.1) is 11.7 Å². The third-order valence-electron chi connectivity index (χ3n) is 4.14. The van der Waals surface area contributed by atoms with E-state index in [-0.39, 0.29) is 11.7 Å². The first-order valence-electron chi connectivity index (χ1n) is 7.94. The first-order valence-corrected chi connectivity index (χ1v) is 8.82. The van der Waals surface area contributed by atoms with Crippen molar-refractivity contribution in [1.29, 1.82) is 0 Å². The van der Waals surface area contributed by atoms with Crippen molar-refractivity contribution in [3.8, 4) is 0 Å². The van der Waals surface area contributed by atoms with E-state index in [1.54, 1.807) is 23.5 Å². The maximum absolute atomic E-state index is 13.1. The minimum Gasteiger partial charge on any atom is -0.338 e. The summed E-state index contributed by atoms with van der Waals surface area (Å²) in [6.45, 7) is 3.81. The summed E-state index contributed by atoms with van der Waals surface area (Å²) < 4.78 is 13.1. The Kier molecular flexibility index (Phi) is 4.91. The molecule has 4 heteroatoms. The van der Waals surface area contributed by atoms with Crippen LogP contribution in [0.15, 0.2) is 41.8 Å². The lowest BCUT2D eigenvalue weighted by atomic mass is 9.99. The second-order valence-electron chi connectivity index (χ2n) is 6.09. The highest BCUT2D eigenvalue weighted by Gasteiger charge is 2.24. The third-order valence-corrected chi connectivity index (χ3v) is 5.05. The van der Waals surface area contributed by atoms with Gasteiger partial charge in [0.15, 0.2) is 0 Å². The predicted octanol–water partition coefficient (Wildman–Crippen LogP) is 4.69. The number of carbonyl (C=O) groups is 1. The number of nitrogens with zero attached hydrogens (tertiary/aromatic N) is 1. The topological polar surface area (TPSA) is 20.3 Å². The van der Waals surface area contributed by atoms with Gasteiger partial charge < -0.3 is 4.90 Å². The number of hydrogen-bond acceptors (Lipinski definition) is 2. The molecule has 2 nitrogen and oxygen atoms in total. The summed E-state index contributed by atoms with van der Waals surface area (Å²) in [4.78, 5) is 15.9. The van der Waals surface area contributed by atoms with Gasteiger partial charge in [0.25, 0.3) is 5.91 Å². The lowest BCUT2D eigenvalue weighted by Crippen LogP contribution is -2.39. The number of thiophene rings is 1. The zero-order valence-corrected chi connectivity index (χ0v) is 14.0. The molecule has 1 saturated heterocycles. The molecule has 0 spiro atoms. The van der Waals surface area contributed by atoms with Crippen LogP contribution in [0.2, 0.25) is 0 Å². The highest BCUT2D eigenvalue weighted by molar-refractivity contribution is 7.11. The molecule has 0 saturated carbocycles. The Morgan fingerprint density at radius 3 is 2.74 bits per heavy atom. The Bertz CT molecular complexity index is 691. The van der Waals surface area contributed by atoms with E-state index in [0.717, 1.165) is 30.0 Å². The van der Waals surface area contributed by atoms with Crippen LogP contribution in [0.1, 0.15) is 30.2 Å². The van der Waals surface area contributed by atoms with Gasteiger partial charge in [-0.3, -0.25) is 4.79 Å². The Morgan fingerprint density at radius 1 is 1.30 bits per heavy atom. The summed E-state index contributed by atoms with van der Waals surface area (Å²) in [6.07, 6.45) is 4.11. The van der Waals surface area contributed by atoms with Crippen LogP contribution in [0.4, 0.5) is 4.39 Å². The Labute approximate surface area is 140 Å². The fourth-order valence-corrected chi connectivity index (χ4v) is 3.67. The molecule has 0 aliphatic carbocycles.